The summed E-state index contributed by atoms with van der Waals surface area (Å²) in [5.41, 5.74) is 0. The molecule has 1 saturated heterocycles. The molecule has 1 heterocycles. The number of aliphatic carboxylic acids is 1. The Morgan fingerprint density at radius 1 is 1.33 bits per heavy atom. The number of likely N-dealkylation sites (tertiary alicyclic amines) is 1. The first-order valence-corrected chi connectivity index (χ1v) is 6.24. The second-order valence-corrected chi connectivity index (χ2v) is 4.59. The van der Waals surface area contributed by atoms with Crippen LogP contribution in [0.4, 0.5) is 0 Å². The second-order valence-electron chi connectivity index (χ2n) is 4.59. The van der Waals surface area contributed by atoms with Gasteiger partial charge in [-0.25, -0.2) is 4.79 Å². The van der Waals surface area contributed by atoms with Crippen LogP contribution >= 0.6 is 0 Å². The van der Waals surface area contributed by atoms with E-state index in [0.717, 1.165) is 0 Å². The molecule has 2 amide bonds. The Bertz CT molecular complexity index is 335. The molecule has 0 aliphatic carbocycles. The first kappa shape index (κ1) is 14.5. The van der Waals surface area contributed by atoms with E-state index in [2.05, 4.69) is 5.32 Å². The largest absolute Gasteiger partial charge is 0.480 e. The smallest absolute Gasteiger partial charge is 0.326 e. The number of carboxylic acids is 1. The second kappa shape index (κ2) is 6.37. The number of hydrogen-bond donors (Lipinski definition) is 2. The Morgan fingerprint density at radius 3 is 2.28 bits per heavy atom. The zero-order valence-electron chi connectivity index (χ0n) is 10.8. The van der Waals surface area contributed by atoms with E-state index in [1.807, 2.05) is 0 Å². The molecule has 0 bridgehead atoms. The van der Waals surface area contributed by atoms with Crippen molar-refractivity contribution in [1.82, 2.24) is 10.2 Å². The maximum Gasteiger partial charge on any atom is 0.326 e. The van der Waals surface area contributed by atoms with Crippen molar-refractivity contribution in [3.05, 3.63) is 0 Å². The molecule has 6 nitrogen and oxygen atoms in total. The van der Waals surface area contributed by atoms with Crippen LogP contribution in [0, 0.1) is 5.92 Å². The van der Waals surface area contributed by atoms with Gasteiger partial charge in [-0.1, -0.05) is 6.92 Å². The number of carbonyl (C=O) groups excluding carboxylic acids is 2. The quantitative estimate of drug-likeness (QED) is 0.753. The lowest BCUT2D eigenvalue weighted by atomic mass is 9.95. The maximum atomic E-state index is 11.9. The lowest BCUT2D eigenvalue weighted by Crippen LogP contribution is -2.47. The molecule has 0 radical (unpaired) electrons. The topological polar surface area (TPSA) is 86.7 Å². The normalized spacial score (nSPS) is 18.2. The molecule has 18 heavy (non-hydrogen) atoms. The molecule has 0 aromatic rings. The van der Waals surface area contributed by atoms with Crippen LogP contribution in [0.3, 0.4) is 0 Å². The third-order valence-corrected chi connectivity index (χ3v) is 3.33. The van der Waals surface area contributed by atoms with Gasteiger partial charge in [-0.05, 0) is 19.3 Å². The predicted molar refractivity (Wildman–Crippen MR) is 64.8 cm³/mol. The Labute approximate surface area is 106 Å². The van der Waals surface area contributed by atoms with Crippen molar-refractivity contribution in [3.63, 3.8) is 0 Å². The molecule has 0 aromatic heterocycles. The van der Waals surface area contributed by atoms with Gasteiger partial charge < -0.3 is 15.3 Å². The molecule has 1 unspecified atom stereocenters. The fourth-order valence-electron chi connectivity index (χ4n) is 2.08. The van der Waals surface area contributed by atoms with E-state index in [-0.39, 0.29) is 17.7 Å². The third kappa shape index (κ3) is 3.72. The highest BCUT2D eigenvalue weighted by molar-refractivity contribution is 5.85. The summed E-state index contributed by atoms with van der Waals surface area (Å²) in [6, 6.07) is -0.816. The lowest BCUT2D eigenvalue weighted by molar-refractivity contribution is -0.143. The van der Waals surface area contributed by atoms with Crippen LogP contribution in [0.5, 0.6) is 0 Å². The van der Waals surface area contributed by atoms with Crippen LogP contribution in [0.1, 0.15) is 33.1 Å². The molecule has 0 saturated carbocycles. The summed E-state index contributed by atoms with van der Waals surface area (Å²) < 4.78 is 0. The molecule has 6 heteroatoms. The summed E-state index contributed by atoms with van der Waals surface area (Å²) in [6.45, 7) is 4.37. The van der Waals surface area contributed by atoms with Crippen molar-refractivity contribution in [2.24, 2.45) is 5.92 Å². The first-order valence-electron chi connectivity index (χ1n) is 6.24. The maximum absolute atomic E-state index is 11.9. The summed E-state index contributed by atoms with van der Waals surface area (Å²) in [5.74, 6) is -1.39. The molecule has 1 rings (SSSR count). The number of carboxylic acid groups (broad SMARTS) is 1. The minimum absolute atomic E-state index is 0.0193. The number of nitrogens with one attached hydrogen (secondary N) is 1. The van der Waals surface area contributed by atoms with Gasteiger partial charge in [0.1, 0.15) is 6.04 Å². The molecule has 0 spiro atoms. The van der Waals surface area contributed by atoms with E-state index in [4.69, 9.17) is 5.11 Å². The van der Waals surface area contributed by atoms with E-state index in [0.29, 0.717) is 32.4 Å². The van der Waals surface area contributed by atoms with Crippen LogP contribution in [0.25, 0.3) is 0 Å². The summed E-state index contributed by atoms with van der Waals surface area (Å²) in [6.07, 6.45) is 1.57. The number of nitrogens with zero attached hydrogens (tertiary/aromatic N) is 1. The van der Waals surface area contributed by atoms with Gasteiger partial charge in [0.15, 0.2) is 0 Å². The zero-order chi connectivity index (χ0) is 13.7. The van der Waals surface area contributed by atoms with Crippen molar-refractivity contribution >= 4 is 17.8 Å². The first-order chi connectivity index (χ1) is 8.45. The average Bonchev–Trinajstić information content (AvgIpc) is 2.35. The van der Waals surface area contributed by atoms with Crippen LogP contribution in [-0.4, -0.2) is 46.9 Å². The number of piperidine rings is 1. The minimum Gasteiger partial charge on any atom is -0.480 e. The van der Waals surface area contributed by atoms with E-state index in [9.17, 15) is 14.4 Å². The van der Waals surface area contributed by atoms with Gasteiger partial charge in [0, 0.05) is 25.9 Å². The van der Waals surface area contributed by atoms with Crippen LogP contribution in [-0.2, 0) is 14.4 Å². The molecule has 0 aromatic carbocycles. The van der Waals surface area contributed by atoms with Gasteiger partial charge in [0.2, 0.25) is 11.8 Å². The average molecular weight is 256 g/mol. The zero-order valence-corrected chi connectivity index (χ0v) is 10.8. The highest BCUT2D eigenvalue weighted by atomic mass is 16.4. The van der Waals surface area contributed by atoms with Gasteiger partial charge in [-0.2, -0.15) is 0 Å². The Balaban J connectivity index is 2.45. The minimum atomic E-state index is -1.01. The van der Waals surface area contributed by atoms with Crippen LogP contribution < -0.4 is 5.32 Å². The standard InChI is InChI=1S/C12H20N2O4/c1-3-10(12(17)18)13-11(16)9-4-6-14(7-5-9)8(2)15/h9-10H,3-7H2,1-2H3,(H,13,16)(H,17,18). The molecular formula is C12H20N2O4. The van der Waals surface area contributed by atoms with Crippen molar-refractivity contribution < 1.29 is 19.5 Å². The lowest BCUT2D eigenvalue weighted by Gasteiger charge is -2.31. The van der Waals surface area contributed by atoms with E-state index in [1.54, 1.807) is 11.8 Å². The monoisotopic (exact) mass is 256 g/mol. The van der Waals surface area contributed by atoms with Gasteiger partial charge >= 0.3 is 5.97 Å². The Kier molecular flexibility index (Phi) is 5.12. The Hall–Kier alpha value is -1.59. The summed E-state index contributed by atoms with van der Waals surface area (Å²) in [7, 11) is 0. The molecule has 1 atom stereocenters. The molecule has 1 fully saturated rings. The number of rotatable bonds is 4. The summed E-state index contributed by atoms with van der Waals surface area (Å²) in [5, 5.41) is 11.4. The molecular weight excluding hydrogens is 236 g/mol. The number of carbonyl (C=O) groups is 3. The van der Waals surface area contributed by atoms with Crippen molar-refractivity contribution in [2.75, 3.05) is 13.1 Å². The van der Waals surface area contributed by atoms with Gasteiger partial charge in [0.05, 0.1) is 0 Å². The van der Waals surface area contributed by atoms with Gasteiger partial charge in [0.25, 0.3) is 0 Å². The van der Waals surface area contributed by atoms with Crippen LogP contribution in [0.15, 0.2) is 0 Å². The fourth-order valence-corrected chi connectivity index (χ4v) is 2.08. The molecule has 1 aliphatic heterocycles. The number of hydrogen-bond acceptors (Lipinski definition) is 3. The van der Waals surface area contributed by atoms with Gasteiger partial charge in [-0.3, -0.25) is 9.59 Å². The highest BCUT2D eigenvalue weighted by Crippen LogP contribution is 2.17. The van der Waals surface area contributed by atoms with Crippen molar-refractivity contribution in [3.8, 4) is 0 Å². The Morgan fingerprint density at radius 2 is 1.89 bits per heavy atom. The summed E-state index contributed by atoms with van der Waals surface area (Å²) in [4.78, 5) is 35.5. The van der Waals surface area contributed by atoms with E-state index < -0.39 is 12.0 Å². The number of amides is 2. The highest BCUT2D eigenvalue weighted by Gasteiger charge is 2.28. The molecule has 102 valence electrons. The predicted octanol–water partition coefficient (Wildman–Crippen LogP) is 0.224. The van der Waals surface area contributed by atoms with Crippen LogP contribution in [0.2, 0.25) is 0 Å². The van der Waals surface area contributed by atoms with Crippen molar-refractivity contribution in [2.45, 2.75) is 39.2 Å². The fraction of sp³-hybridized carbons (Fsp3) is 0.750. The third-order valence-electron chi connectivity index (χ3n) is 3.33. The SMILES string of the molecule is CCC(NC(=O)C1CCN(C(C)=O)CC1)C(=O)O. The van der Waals surface area contributed by atoms with E-state index >= 15 is 0 Å². The molecule has 1 aliphatic rings. The van der Waals surface area contributed by atoms with E-state index in [1.165, 1.54) is 6.92 Å². The van der Waals surface area contributed by atoms with Crippen molar-refractivity contribution in [1.29, 1.82) is 0 Å². The van der Waals surface area contributed by atoms with Gasteiger partial charge in [-0.15, -0.1) is 0 Å². The summed E-state index contributed by atoms with van der Waals surface area (Å²) >= 11 is 0. The molecule has 2 N–H and O–H groups in total.